The Morgan fingerprint density at radius 1 is 0.905 bits per heavy atom. The predicted molar refractivity (Wildman–Crippen MR) is 163 cm³/mol. The van der Waals surface area contributed by atoms with Crippen LogP contribution in [-0.4, -0.2) is 27.5 Å². The molecule has 7 nitrogen and oxygen atoms in total. The lowest BCUT2D eigenvalue weighted by atomic mass is 9.81. The molecular formula is C32H28FN3O4S2. The lowest BCUT2D eigenvalue weighted by molar-refractivity contribution is -0.122. The molecule has 3 atom stereocenters. The normalized spacial score (nSPS) is 19.9. The molecule has 10 heteroatoms. The van der Waals surface area contributed by atoms with Gasteiger partial charge in [-0.3, -0.25) is 23.7 Å². The molecule has 0 aliphatic carbocycles. The molecule has 0 radical (unpaired) electrons. The Bertz CT molecular complexity index is 1740. The van der Waals surface area contributed by atoms with Crippen molar-refractivity contribution < 1.29 is 18.8 Å². The fraction of sp³-hybridized carbons (Fsp3) is 0.250. The number of nitrogens with zero attached hydrogens (tertiary/aromatic N) is 2. The maximum atomic E-state index is 14.0. The van der Waals surface area contributed by atoms with Gasteiger partial charge in [-0.25, -0.2) is 9.29 Å². The third-order valence-corrected chi connectivity index (χ3v) is 10.2. The SMILES string of the molecule is CC(C)(C)c1ccc(C2c3sc(=O)n(CC(=O)Nc4ccccc4)c3SC3C(=O)N(c4ccc(F)cc4)C(=O)C32)cc1. The molecule has 0 spiro atoms. The number of carbonyl (C=O) groups excluding carboxylic acids is 3. The first kappa shape index (κ1) is 28.1. The summed E-state index contributed by atoms with van der Waals surface area (Å²) in [5.74, 6) is -3.01. The second kappa shape index (κ2) is 10.7. The van der Waals surface area contributed by atoms with Gasteiger partial charge in [0.05, 0.1) is 16.6 Å². The number of amides is 3. The lowest BCUT2D eigenvalue weighted by Gasteiger charge is -2.31. The van der Waals surface area contributed by atoms with Crippen LogP contribution in [0.4, 0.5) is 15.8 Å². The average molecular weight is 602 g/mol. The van der Waals surface area contributed by atoms with E-state index in [1.807, 2.05) is 30.3 Å². The largest absolute Gasteiger partial charge is 0.325 e. The molecule has 214 valence electrons. The van der Waals surface area contributed by atoms with Crippen molar-refractivity contribution in [1.82, 2.24) is 4.57 Å². The summed E-state index contributed by atoms with van der Waals surface area (Å²) < 4.78 is 15.1. The third kappa shape index (κ3) is 4.98. The summed E-state index contributed by atoms with van der Waals surface area (Å²) in [6, 6.07) is 22.2. The van der Waals surface area contributed by atoms with Crippen molar-refractivity contribution in [3.8, 4) is 0 Å². The van der Waals surface area contributed by atoms with Gasteiger partial charge >= 0.3 is 4.87 Å². The summed E-state index contributed by atoms with van der Waals surface area (Å²) in [6.07, 6.45) is 0. The number of thiazole rings is 1. The van der Waals surface area contributed by atoms with Gasteiger partial charge in [0.25, 0.3) is 0 Å². The maximum Gasteiger partial charge on any atom is 0.308 e. The number of para-hydroxylation sites is 1. The molecule has 3 aromatic carbocycles. The van der Waals surface area contributed by atoms with Crippen molar-refractivity contribution in [2.45, 2.75) is 48.9 Å². The van der Waals surface area contributed by atoms with Gasteiger partial charge < -0.3 is 5.32 Å². The number of thioether (sulfide) groups is 1. The van der Waals surface area contributed by atoms with Crippen LogP contribution < -0.4 is 15.1 Å². The summed E-state index contributed by atoms with van der Waals surface area (Å²) >= 11 is 2.15. The van der Waals surface area contributed by atoms with E-state index in [-0.39, 0.29) is 22.7 Å². The third-order valence-electron chi connectivity index (χ3n) is 7.63. The Hall–Kier alpha value is -4.02. The van der Waals surface area contributed by atoms with Gasteiger partial charge in [0.2, 0.25) is 17.7 Å². The molecular weight excluding hydrogens is 574 g/mol. The van der Waals surface area contributed by atoms with E-state index < -0.39 is 34.7 Å². The van der Waals surface area contributed by atoms with Crippen molar-refractivity contribution in [1.29, 1.82) is 0 Å². The molecule has 0 saturated carbocycles. The monoisotopic (exact) mass is 601 g/mol. The summed E-state index contributed by atoms with van der Waals surface area (Å²) in [5, 5.41) is 2.51. The first-order chi connectivity index (χ1) is 20.0. The zero-order valence-corrected chi connectivity index (χ0v) is 24.8. The number of hydrogen-bond donors (Lipinski definition) is 1. The van der Waals surface area contributed by atoms with E-state index in [2.05, 4.69) is 26.1 Å². The minimum atomic E-state index is -0.820. The Kier molecular flexibility index (Phi) is 7.14. The summed E-state index contributed by atoms with van der Waals surface area (Å²) in [5.41, 5.74) is 2.73. The van der Waals surface area contributed by atoms with Gasteiger partial charge in [-0.1, -0.05) is 86.3 Å². The van der Waals surface area contributed by atoms with Gasteiger partial charge in [-0.05, 0) is 52.9 Å². The Morgan fingerprint density at radius 3 is 2.21 bits per heavy atom. The molecule has 3 unspecified atom stereocenters. The predicted octanol–water partition coefficient (Wildman–Crippen LogP) is 5.78. The van der Waals surface area contributed by atoms with Crippen molar-refractivity contribution in [3.05, 3.63) is 110 Å². The Balaban J connectivity index is 1.43. The average Bonchev–Trinajstić information content (AvgIpc) is 3.40. The molecule has 3 heterocycles. The number of fused-ring (bicyclic) bond motifs is 2. The number of imide groups is 1. The van der Waals surface area contributed by atoms with Crippen LogP contribution >= 0.6 is 23.1 Å². The minimum absolute atomic E-state index is 0.0899. The van der Waals surface area contributed by atoms with E-state index in [1.54, 1.807) is 24.3 Å². The van der Waals surface area contributed by atoms with Gasteiger partial charge in [0, 0.05) is 16.5 Å². The Labute approximate surface area is 250 Å². The number of aromatic nitrogens is 1. The number of rotatable bonds is 5. The zero-order chi connectivity index (χ0) is 29.8. The second-order valence-electron chi connectivity index (χ2n) is 11.4. The first-order valence-corrected chi connectivity index (χ1v) is 15.2. The summed E-state index contributed by atoms with van der Waals surface area (Å²) in [4.78, 5) is 55.6. The van der Waals surface area contributed by atoms with Crippen molar-refractivity contribution in [2.24, 2.45) is 5.92 Å². The maximum absolute atomic E-state index is 14.0. The van der Waals surface area contributed by atoms with Crippen LogP contribution in [0.25, 0.3) is 0 Å². The lowest BCUT2D eigenvalue weighted by Crippen LogP contribution is -2.33. The fourth-order valence-electron chi connectivity index (χ4n) is 5.52. The number of nitrogens with one attached hydrogen (secondary N) is 1. The number of benzene rings is 3. The van der Waals surface area contributed by atoms with Gasteiger partial charge in [-0.2, -0.15) is 0 Å². The smallest absolute Gasteiger partial charge is 0.308 e. The molecule has 2 aliphatic rings. The van der Waals surface area contributed by atoms with Gasteiger partial charge in [0.15, 0.2) is 0 Å². The van der Waals surface area contributed by atoms with E-state index in [1.165, 1.54) is 28.8 Å². The van der Waals surface area contributed by atoms with Crippen LogP contribution in [0.2, 0.25) is 0 Å². The number of halogens is 1. The molecule has 2 aliphatic heterocycles. The molecule has 1 saturated heterocycles. The zero-order valence-electron chi connectivity index (χ0n) is 23.2. The van der Waals surface area contributed by atoms with Gasteiger partial charge in [-0.15, -0.1) is 0 Å². The highest BCUT2D eigenvalue weighted by atomic mass is 32.2. The van der Waals surface area contributed by atoms with E-state index in [0.29, 0.717) is 21.3 Å². The number of carbonyl (C=O) groups is 3. The standard InChI is InChI=1S/C32H28FN3O4S2/c1-32(2,3)19-11-9-18(10-12-19)24-25-26(29(39)36(28(25)38)22-15-13-20(33)14-16-22)41-30-27(24)42-31(40)35(30)17-23(37)34-21-7-5-4-6-8-21/h4-16,24-26H,17H2,1-3H3,(H,34,37). The minimum Gasteiger partial charge on any atom is -0.325 e. The molecule has 3 amide bonds. The molecule has 1 aromatic heterocycles. The van der Waals surface area contributed by atoms with Crippen LogP contribution in [0.3, 0.4) is 0 Å². The highest BCUT2D eigenvalue weighted by molar-refractivity contribution is 8.00. The summed E-state index contributed by atoms with van der Waals surface area (Å²) in [7, 11) is 0. The van der Waals surface area contributed by atoms with Crippen LogP contribution in [0.15, 0.2) is 88.7 Å². The van der Waals surface area contributed by atoms with E-state index in [9.17, 15) is 23.6 Å². The molecule has 0 bridgehead atoms. The first-order valence-electron chi connectivity index (χ1n) is 13.5. The van der Waals surface area contributed by atoms with E-state index >= 15 is 0 Å². The number of anilines is 2. The van der Waals surface area contributed by atoms with Crippen LogP contribution in [0.5, 0.6) is 0 Å². The van der Waals surface area contributed by atoms with Gasteiger partial charge in [0.1, 0.15) is 17.6 Å². The fourth-order valence-corrected chi connectivity index (χ4v) is 8.29. The van der Waals surface area contributed by atoms with Crippen LogP contribution in [-0.2, 0) is 26.3 Å². The molecule has 6 rings (SSSR count). The van der Waals surface area contributed by atoms with Crippen LogP contribution in [0, 0.1) is 11.7 Å². The quantitative estimate of drug-likeness (QED) is 0.293. The summed E-state index contributed by atoms with van der Waals surface area (Å²) in [6.45, 7) is 6.10. The Morgan fingerprint density at radius 2 is 1.57 bits per heavy atom. The molecule has 1 N–H and O–H groups in total. The van der Waals surface area contributed by atoms with Crippen molar-refractivity contribution in [3.63, 3.8) is 0 Å². The topological polar surface area (TPSA) is 88.5 Å². The van der Waals surface area contributed by atoms with Crippen molar-refractivity contribution >= 4 is 52.2 Å². The highest BCUT2D eigenvalue weighted by Crippen LogP contribution is 2.54. The van der Waals surface area contributed by atoms with E-state index in [0.717, 1.165) is 39.1 Å². The number of hydrogen-bond acceptors (Lipinski definition) is 6. The van der Waals surface area contributed by atoms with Crippen LogP contribution in [0.1, 0.15) is 42.7 Å². The second-order valence-corrected chi connectivity index (χ2v) is 13.6. The molecule has 1 fully saturated rings. The van der Waals surface area contributed by atoms with Crippen molar-refractivity contribution in [2.75, 3.05) is 10.2 Å². The van der Waals surface area contributed by atoms with E-state index in [4.69, 9.17) is 0 Å². The highest BCUT2D eigenvalue weighted by Gasteiger charge is 2.56. The molecule has 4 aromatic rings. The molecule has 42 heavy (non-hydrogen) atoms.